The highest BCUT2D eigenvalue weighted by atomic mass is 35.5. The molecule has 1 saturated heterocycles. The van der Waals surface area contributed by atoms with Gasteiger partial charge in [0.2, 0.25) is 0 Å². The number of aromatic amines is 1. The Bertz CT molecular complexity index is 419. The zero-order chi connectivity index (χ0) is 10.9. The van der Waals surface area contributed by atoms with Gasteiger partial charge in [-0.05, 0) is 6.07 Å². The van der Waals surface area contributed by atoms with Gasteiger partial charge in [0.1, 0.15) is 0 Å². The Morgan fingerprint density at radius 3 is 2.93 bits per heavy atom. The van der Waals surface area contributed by atoms with Crippen LogP contribution >= 0.6 is 11.6 Å². The monoisotopic (exact) mass is 251 g/mol. The van der Waals surface area contributed by atoms with Gasteiger partial charge in [0, 0.05) is 0 Å². The summed E-state index contributed by atoms with van der Waals surface area (Å²) in [7, 11) is -3.57. The minimum atomic E-state index is -3.57. The van der Waals surface area contributed by atoms with E-state index in [0.717, 1.165) is 0 Å². The smallest absolute Gasteiger partial charge is 0.257 e. The topological polar surface area (TPSA) is 84.1 Å². The number of halogens is 1. The molecule has 6 nitrogen and oxygen atoms in total. The molecule has 0 bridgehead atoms. The molecule has 1 aliphatic rings. The van der Waals surface area contributed by atoms with Gasteiger partial charge in [-0.25, -0.2) is 13.1 Å². The summed E-state index contributed by atoms with van der Waals surface area (Å²) >= 11 is 5.87. The third-order valence-electron chi connectivity index (χ3n) is 2.08. The number of rotatable bonds is 3. The standard InChI is InChI=1S/C7H10ClN3O3S/c8-5-3-14-4-6(5)11-15(12,13)7-1-2-9-10-7/h1-2,5-6,11H,3-4H2,(H,9,10). The number of nitrogens with zero attached hydrogens (tertiary/aromatic N) is 1. The lowest BCUT2D eigenvalue weighted by atomic mass is 10.3. The van der Waals surface area contributed by atoms with Crippen LogP contribution in [0.5, 0.6) is 0 Å². The van der Waals surface area contributed by atoms with Crippen molar-refractivity contribution in [2.75, 3.05) is 13.2 Å². The summed E-state index contributed by atoms with van der Waals surface area (Å²) < 4.78 is 30.9. The average Bonchev–Trinajstić information content (AvgIpc) is 2.77. The molecule has 0 saturated carbocycles. The molecule has 15 heavy (non-hydrogen) atoms. The average molecular weight is 252 g/mol. The van der Waals surface area contributed by atoms with E-state index in [4.69, 9.17) is 16.3 Å². The van der Waals surface area contributed by atoms with E-state index in [0.29, 0.717) is 13.2 Å². The Morgan fingerprint density at radius 2 is 2.40 bits per heavy atom. The first-order chi connectivity index (χ1) is 7.09. The third kappa shape index (κ3) is 2.31. The summed E-state index contributed by atoms with van der Waals surface area (Å²) in [5.74, 6) is 0. The molecule has 84 valence electrons. The molecule has 1 aromatic rings. The van der Waals surface area contributed by atoms with E-state index in [-0.39, 0.29) is 16.4 Å². The number of sulfonamides is 1. The van der Waals surface area contributed by atoms with Crippen LogP contribution in [0.2, 0.25) is 0 Å². The molecule has 2 rings (SSSR count). The molecule has 0 radical (unpaired) electrons. The van der Waals surface area contributed by atoms with E-state index in [1.54, 1.807) is 0 Å². The largest absolute Gasteiger partial charge is 0.378 e. The van der Waals surface area contributed by atoms with Crippen molar-refractivity contribution in [1.29, 1.82) is 0 Å². The fourth-order valence-corrected chi connectivity index (χ4v) is 2.76. The van der Waals surface area contributed by atoms with Crippen LogP contribution in [0.15, 0.2) is 17.3 Å². The quantitative estimate of drug-likeness (QED) is 0.722. The summed E-state index contributed by atoms with van der Waals surface area (Å²) in [5, 5.41) is 5.65. The highest BCUT2D eigenvalue weighted by Crippen LogP contribution is 2.14. The van der Waals surface area contributed by atoms with E-state index >= 15 is 0 Å². The highest BCUT2D eigenvalue weighted by molar-refractivity contribution is 7.89. The van der Waals surface area contributed by atoms with Gasteiger partial charge >= 0.3 is 0 Å². The Labute approximate surface area is 92.0 Å². The molecule has 1 aromatic heterocycles. The fourth-order valence-electron chi connectivity index (χ4n) is 1.29. The summed E-state index contributed by atoms with van der Waals surface area (Å²) in [5.41, 5.74) is 0. The number of aromatic nitrogens is 2. The van der Waals surface area contributed by atoms with Gasteiger partial charge < -0.3 is 4.74 Å². The lowest BCUT2D eigenvalue weighted by molar-refractivity contribution is 0.193. The lowest BCUT2D eigenvalue weighted by Crippen LogP contribution is -2.40. The highest BCUT2D eigenvalue weighted by Gasteiger charge is 2.31. The minimum absolute atomic E-state index is 0.0262. The van der Waals surface area contributed by atoms with Crippen molar-refractivity contribution >= 4 is 21.6 Å². The first-order valence-corrected chi connectivity index (χ1v) is 6.25. The number of H-pyrrole nitrogens is 1. The number of hydrogen-bond acceptors (Lipinski definition) is 4. The zero-order valence-corrected chi connectivity index (χ0v) is 9.25. The van der Waals surface area contributed by atoms with E-state index in [1.807, 2.05) is 0 Å². The van der Waals surface area contributed by atoms with Gasteiger partial charge in [0.15, 0.2) is 5.03 Å². The summed E-state index contributed by atoms with van der Waals surface area (Å²) in [4.78, 5) is 0. The second kappa shape index (κ2) is 4.09. The van der Waals surface area contributed by atoms with Crippen molar-refractivity contribution in [2.24, 2.45) is 0 Å². The van der Waals surface area contributed by atoms with Crippen molar-refractivity contribution in [3.05, 3.63) is 12.3 Å². The van der Waals surface area contributed by atoms with Crippen molar-refractivity contribution in [2.45, 2.75) is 16.4 Å². The Kier molecular flexibility index (Phi) is 2.96. The predicted octanol–water partition coefficient (Wildman–Crippen LogP) is -0.306. The van der Waals surface area contributed by atoms with Crippen LogP contribution in [-0.4, -0.2) is 43.2 Å². The van der Waals surface area contributed by atoms with Crippen LogP contribution < -0.4 is 4.72 Å². The van der Waals surface area contributed by atoms with E-state index in [9.17, 15) is 8.42 Å². The maximum Gasteiger partial charge on any atom is 0.257 e. The zero-order valence-electron chi connectivity index (χ0n) is 7.68. The molecule has 8 heteroatoms. The Hall–Kier alpha value is -0.630. The van der Waals surface area contributed by atoms with Gasteiger partial charge in [0.05, 0.1) is 30.8 Å². The minimum Gasteiger partial charge on any atom is -0.378 e. The molecule has 2 N–H and O–H groups in total. The first-order valence-electron chi connectivity index (χ1n) is 4.33. The lowest BCUT2D eigenvalue weighted by Gasteiger charge is -2.12. The SMILES string of the molecule is O=S(=O)(NC1COCC1Cl)c1ccn[nH]1. The molecule has 0 aliphatic carbocycles. The van der Waals surface area contributed by atoms with E-state index in [1.165, 1.54) is 12.3 Å². The molecule has 1 fully saturated rings. The van der Waals surface area contributed by atoms with Crippen molar-refractivity contribution < 1.29 is 13.2 Å². The summed E-state index contributed by atoms with van der Waals surface area (Å²) in [6.45, 7) is 0.652. The fraction of sp³-hybridized carbons (Fsp3) is 0.571. The molecule has 1 aliphatic heterocycles. The van der Waals surface area contributed by atoms with Gasteiger partial charge in [-0.15, -0.1) is 11.6 Å². The molecular weight excluding hydrogens is 242 g/mol. The van der Waals surface area contributed by atoms with Gasteiger partial charge in [0.25, 0.3) is 10.0 Å². The molecule has 2 heterocycles. The van der Waals surface area contributed by atoms with Gasteiger partial charge in [-0.3, -0.25) is 5.10 Å². The number of hydrogen-bond donors (Lipinski definition) is 2. The first kappa shape index (κ1) is 10.9. The van der Waals surface area contributed by atoms with Crippen molar-refractivity contribution in [3.63, 3.8) is 0 Å². The normalized spacial score (nSPS) is 27.0. The predicted molar refractivity (Wildman–Crippen MR) is 53.2 cm³/mol. The molecule has 2 atom stereocenters. The van der Waals surface area contributed by atoms with E-state index < -0.39 is 10.0 Å². The Balaban J connectivity index is 2.11. The van der Waals surface area contributed by atoms with Crippen LogP contribution in [0.1, 0.15) is 0 Å². The van der Waals surface area contributed by atoms with E-state index in [2.05, 4.69) is 14.9 Å². The second-order valence-electron chi connectivity index (χ2n) is 3.20. The van der Waals surface area contributed by atoms with Crippen LogP contribution in [0.4, 0.5) is 0 Å². The van der Waals surface area contributed by atoms with Gasteiger partial charge in [-0.1, -0.05) is 0 Å². The molecular formula is C7H10ClN3O3S. The number of ether oxygens (including phenoxy) is 1. The molecule has 2 unspecified atom stereocenters. The van der Waals surface area contributed by atoms with Crippen LogP contribution in [-0.2, 0) is 14.8 Å². The molecule has 0 amide bonds. The third-order valence-corrected chi connectivity index (χ3v) is 3.93. The summed E-state index contributed by atoms with van der Waals surface area (Å²) in [6, 6.07) is 0.987. The summed E-state index contributed by atoms with van der Waals surface area (Å²) in [6.07, 6.45) is 1.37. The van der Waals surface area contributed by atoms with Crippen LogP contribution in [0.3, 0.4) is 0 Å². The molecule has 0 aromatic carbocycles. The Morgan fingerprint density at radius 1 is 1.60 bits per heavy atom. The molecule has 0 spiro atoms. The second-order valence-corrected chi connectivity index (χ2v) is 5.45. The number of nitrogens with one attached hydrogen (secondary N) is 2. The van der Waals surface area contributed by atoms with Crippen LogP contribution in [0.25, 0.3) is 0 Å². The van der Waals surface area contributed by atoms with Crippen molar-refractivity contribution in [3.8, 4) is 0 Å². The maximum atomic E-state index is 11.7. The van der Waals surface area contributed by atoms with Crippen molar-refractivity contribution in [1.82, 2.24) is 14.9 Å². The number of alkyl halides is 1. The van der Waals surface area contributed by atoms with Gasteiger partial charge in [-0.2, -0.15) is 5.10 Å². The maximum absolute atomic E-state index is 11.7. The van der Waals surface area contributed by atoms with Crippen LogP contribution in [0, 0.1) is 0 Å².